The minimum absolute atomic E-state index is 0.273. The zero-order chi connectivity index (χ0) is 6.04. The monoisotopic (exact) mass is 115 g/mol. The van der Waals surface area contributed by atoms with Crippen LogP contribution >= 0.6 is 0 Å². The topological polar surface area (TPSA) is 46.2 Å². The molecular formula is C6H13NO. The molecule has 1 fully saturated rings. The molecular weight excluding hydrogens is 102 g/mol. The molecule has 2 heteroatoms. The molecule has 1 saturated carbocycles. The van der Waals surface area contributed by atoms with Crippen LogP contribution in [0, 0.1) is 5.41 Å². The Labute approximate surface area is 49.7 Å². The second-order valence-electron chi connectivity index (χ2n) is 2.70. The van der Waals surface area contributed by atoms with Gasteiger partial charge in [-0.2, -0.15) is 0 Å². The minimum Gasteiger partial charge on any atom is -0.396 e. The first kappa shape index (κ1) is 6.05. The lowest BCUT2D eigenvalue weighted by atomic mass is 10.1. The minimum atomic E-state index is 0.273. The maximum absolute atomic E-state index is 8.73. The van der Waals surface area contributed by atoms with Crippen LogP contribution in [0.15, 0.2) is 0 Å². The smallest absolute Gasteiger partial charge is 0.0487 e. The highest BCUT2D eigenvalue weighted by Crippen LogP contribution is 2.47. The van der Waals surface area contributed by atoms with Crippen molar-refractivity contribution in [1.82, 2.24) is 0 Å². The first-order valence-electron chi connectivity index (χ1n) is 3.14. The number of rotatable bonds is 3. The number of hydrogen-bond donors (Lipinski definition) is 2. The lowest BCUT2D eigenvalue weighted by molar-refractivity contribution is 0.205. The van der Waals surface area contributed by atoms with Crippen LogP contribution < -0.4 is 5.73 Å². The quantitative estimate of drug-likeness (QED) is 0.548. The molecule has 1 aliphatic carbocycles. The van der Waals surface area contributed by atoms with Crippen LogP contribution in [-0.4, -0.2) is 18.3 Å². The summed E-state index contributed by atoms with van der Waals surface area (Å²) < 4.78 is 0. The molecule has 0 bridgehead atoms. The Balaban J connectivity index is 2.20. The molecule has 0 unspecified atom stereocenters. The number of aliphatic hydroxyl groups is 1. The van der Waals surface area contributed by atoms with Crippen molar-refractivity contribution in [2.45, 2.75) is 19.3 Å². The van der Waals surface area contributed by atoms with Gasteiger partial charge >= 0.3 is 0 Å². The fourth-order valence-corrected chi connectivity index (χ4v) is 0.970. The van der Waals surface area contributed by atoms with Crippen molar-refractivity contribution in [3.63, 3.8) is 0 Å². The molecule has 0 heterocycles. The van der Waals surface area contributed by atoms with Crippen LogP contribution in [-0.2, 0) is 0 Å². The molecule has 1 rings (SSSR count). The summed E-state index contributed by atoms with van der Waals surface area (Å²) in [6, 6.07) is 0. The van der Waals surface area contributed by atoms with Gasteiger partial charge in [0.2, 0.25) is 0 Å². The predicted molar refractivity (Wildman–Crippen MR) is 32.4 cm³/mol. The molecule has 0 spiro atoms. The second-order valence-corrected chi connectivity index (χ2v) is 2.70. The molecule has 3 N–H and O–H groups in total. The summed E-state index contributed by atoms with van der Waals surface area (Å²) in [5.74, 6) is 0. The Morgan fingerprint density at radius 3 is 2.25 bits per heavy atom. The Hall–Kier alpha value is -0.0800. The molecule has 48 valence electrons. The van der Waals surface area contributed by atoms with Gasteiger partial charge < -0.3 is 10.8 Å². The summed E-state index contributed by atoms with van der Waals surface area (Å²) in [4.78, 5) is 0. The number of nitrogens with two attached hydrogens (primary N) is 1. The normalized spacial score (nSPS) is 23.2. The van der Waals surface area contributed by atoms with Crippen LogP contribution in [0.25, 0.3) is 0 Å². The van der Waals surface area contributed by atoms with E-state index in [1.54, 1.807) is 0 Å². The maximum atomic E-state index is 8.73. The molecule has 0 radical (unpaired) electrons. The zero-order valence-electron chi connectivity index (χ0n) is 5.06. The van der Waals surface area contributed by atoms with E-state index in [9.17, 15) is 0 Å². The highest BCUT2D eigenvalue weighted by molar-refractivity contribution is 4.92. The molecule has 0 aromatic carbocycles. The highest BCUT2D eigenvalue weighted by Gasteiger charge is 2.40. The fourth-order valence-electron chi connectivity index (χ4n) is 0.970. The average molecular weight is 115 g/mol. The third-order valence-corrected chi connectivity index (χ3v) is 1.97. The maximum Gasteiger partial charge on any atom is 0.0487 e. The summed E-state index contributed by atoms with van der Waals surface area (Å²) in [6.07, 6.45) is 3.37. The number of hydrogen-bond acceptors (Lipinski definition) is 2. The van der Waals surface area contributed by atoms with E-state index in [4.69, 9.17) is 10.8 Å². The standard InChI is InChI=1S/C6H13NO/c7-4-3-6(5-8)1-2-6/h8H,1-5,7H2. The zero-order valence-corrected chi connectivity index (χ0v) is 5.06. The summed E-state index contributed by atoms with van der Waals surface area (Å²) in [5.41, 5.74) is 5.59. The third kappa shape index (κ3) is 1.01. The van der Waals surface area contributed by atoms with E-state index in [2.05, 4.69) is 0 Å². The molecule has 0 aromatic rings. The van der Waals surface area contributed by atoms with E-state index in [0.29, 0.717) is 6.61 Å². The first-order chi connectivity index (χ1) is 3.83. The van der Waals surface area contributed by atoms with Crippen molar-refractivity contribution in [3.8, 4) is 0 Å². The molecule has 0 aromatic heterocycles. The van der Waals surface area contributed by atoms with Crippen molar-refractivity contribution in [1.29, 1.82) is 0 Å². The molecule has 0 amide bonds. The molecule has 2 nitrogen and oxygen atoms in total. The van der Waals surface area contributed by atoms with Gasteiger partial charge in [0.1, 0.15) is 0 Å². The van der Waals surface area contributed by atoms with Gasteiger partial charge in [0, 0.05) is 6.61 Å². The Morgan fingerprint density at radius 2 is 2.12 bits per heavy atom. The molecule has 8 heavy (non-hydrogen) atoms. The summed E-state index contributed by atoms with van der Waals surface area (Å²) >= 11 is 0. The van der Waals surface area contributed by atoms with E-state index in [-0.39, 0.29) is 5.41 Å². The summed E-state index contributed by atoms with van der Waals surface area (Å²) in [7, 11) is 0. The van der Waals surface area contributed by atoms with Crippen molar-refractivity contribution in [3.05, 3.63) is 0 Å². The van der Waals surface area contributed by atoms with Gasteiger partial charge in [0.05, 0.1) is 0 Å². The van der Waals surface area contributed by atoms with Crippen molar-refractivity contribution < 1.29 is 5.11 Å². The Kier molecular flexibility index (Phi) is 1.54. The van der Waals surface area contributed by atoms with E-state index in [1.807, 2.05) is 0 Å². The van der Waals surface area contributed by atoms with Crippen LogP contribution in [0.3, 0.4) is 0 Å². The summed E-state index contributed by atoms with van der Waals surface area (Å²) in [5, 5.41) is 8.73. The fraction of sp³-hybridized carbons (Fsp3) is 1.00. The summed E-state index contributed by atoms with van der Waals surface area (Å²) in [6.45, 7) is 1.06. The van der Waals surface area contributed by atoms with E-state index < -0.39 is 0 Å². The average Bonchev–Trinajstić information content (AvgIpc) is 2.50. The first-order valence-corrected chi connectivity index (χ1v) is 3.14. The van der Waals surface area contributed by atoms with Gasteiger partial charge in [-0.05, 0) is 31.2 Å². The van der Waals surface area contributed by atoms with Crippen LogP contribution in [0.2, 0.25) is 0 Å². The third-order valence-electron chi connectivity index (χ3n) is 1.97. The highest BCUT2D eigenvalue weighted by atomic mass is 16.3. The largest absolute Gasteiger partial charge is 0.396 e. The second kappa shape index (κ2) is 2.03. The molecule has 0 aliphatic heterocycles. The predicted octanol–water partition coefficient (Wildman–Crippen LogP) is 0.108. The van der Waals surface area contributed by atoms with E-state index in [1.165, 1.54) is 12.8 Å². The van der Waals surface area contributed by atoms with E-state index >= 15 is 0 Å². The van der Waals surface area contributed by atoms with Gasteiger partial charge in [-0.1, -0.05) is 0 Å². The van der Waals surface area contributed by atoms with E-state index in [0.717, 1.165) is 13.0 Å². The lowest BCUT2D eigenvalue weighted by Crippen LogP contribution is -2.12. The Morgan fingerprint density at radius 1 is 1.50 bits per heavy atom. The number of aliphatic hydroxyl groups excluding tert-OH is 1. The van der Waals surface area contributed by atoms with Crippen molar-refractivity contribution >= 4 is 0 Å². The lowest BCUT2D eigenvalue weighted by Gasteiger charge is -2.06. The van der Waals surface area contributed by atoms with Crippen LogP contribution in [0.5, 0.6) is 0 Å². The van der Waals surface area contributed by atoms with Gasteiger partial charge in [0.15, 0.2) is 0 Å². The van der Waals surface area contributed by atoms with Crippen molar-refractivity contribution in [2.75, 3.05) is 13.2 Å². The van der Waals surface area contributed by atoms with Gasteiger partial charge in [-0.15, -0.1) is 0 Å². The molecule has 0 saturated heterocycles. The van der Waals surface area contributed by atoms with Gasteiger partial charge in [0.25, 0.3) is 0 Å². The van der Waals surface area contributed by atoms with Crippen LogP contribution in [0.1, 0.15) is 19.3 Å². The van der Waals surface area contributed by atoms with Gasteiger partial charge in [-0.3, -0.25) is 0 Å². The molecule has 0 atom stereocenters. The van der Waals surface area contributed by atoms with Gasteiger partial charge in [-0.25, -0.2) is 0 Å². The van der Waals surface area contributed by atoms with Crippen LogP contribution in [0.4, 0.5) is 0 Å². The SMILES string of the molecule is NCCC1(CO)CC1. The Bertz CT molecular complexity index is 78.6. The van der Waals surface area contributed by atoms with Crippen molar-refractivity contribution in [2.24, 2.45) is 11.1 Å². The molecule has 1 aliphatic rings.